The van der Waals surface area contributed by atoms with Crippen molar-refractivity contribution in [1.82, 2.24) is 0 Å². The Morgan fingerprint density at radius 1 is 1.26 bits per heavy atom. The van der Waals surface area contributed by atoms with Crippen LogP contribution in [0.2, 0.25) is 0 Å². The molecule has 27 heavy (non-hydrogen) atoms. The first kappa shape index (κ1) is 23.0. The van der Waals surface area contributed by atoms with Gasteiger partial charge in [0.25, 0.3) is 0 Å². The van der Waals surface area contributed by atoms with Crippen LogP contribution in [0.3, 0.4) is 0 Å². The third kappa shape index (κ3) is 7.24. The number of anilines is 1. The Balaban J connectivity index is 3.10. The summed E-state index contributed by atoms with van der Waals surface area (Å²) in [5.41, 5.74) is 0.178. The maximum Gasteiger partial charge on any atom is 0.390 e. The van der Waals surface area contributed by atoms with Gasteiger partial charge in [-0.1, -0.05) is 6.92 Å². The highest BCUT2D eigenvalue weighted by atomic mass is 32.1. The fraction of sp³-hybridized carbons (Fsp3) is 0.556. The highest BCUT2D eigenvalue weighted by molar-refractivity contribution is 7.18. The van der Waals surface area contributed by atoms with Gasteiger partial charge in [-0.05, 0) is 26.3 Å². The number of nitrogens with zero attached hydrogens (tertiary/aromatic N) is 2. The maximum atomic E-state index is 12.6. The van der Waals surface area contributed by atoms with E-state index in [4.69, 9.17) is 0 Å². The van der Waals surface area contributed by atoms with Crippen LogP contribution in [-0.2, 0) is 9.59 Å². The van der Waals surface area contributed by atoms with Crippen LogP contribution >= 0.6 is 11.3 Å². The summed E-state index contributed by atoms with van der Waals surface area (Å²) in [5.74, 6) is -1.10. The second-order valence-corrected chi connectivity index (χ2v) is 7.23. The number of aliphatic imine (C=N–C) groups is 1. The van der Waals surface area contributed by atoms with E-state index in [1.54, 1.807) is 0 Å². The molecular weight excluding hydrogens is 381 g/mol. The predicted octanol–water partition coefficient (Wildman–Crippen LogP) is 4.29. The predicted molar refractivity (Wildman–Crippen MR) is 99.9 cm³/mol. The number of hydrogen-bond acceptors (Lipinski definition) is 5. The summed E-state index contributed by atoms with van der Waals surface area (Å²) in [6.45, 7) is 5.55. The Bertz CT molecular complexity index is 726. The van der Waals surface area contributed by atoms with Crippen molar-refractivity contribution in [3.63, 3.8) is 0 Å². The molecule has 1 heterocycles. The molecule has 0 spiro atoms. The lowest BCUT2D eigenvalue weighted by atomic mass is 10.0. The van der Waals surface area contributed by atoms with Gasteiger partial charge < -0.3 is 4.90 Å². The zero-order chi connectivity index (χ0) is 20.8. The molecule has 0 aliphatic rings. The molecule has 5 nitrogen and oxygen atoms in total. The van der Waals surface area contributed by atoms with Crippen LogP contribution in [0.15, 0.2) is 11.1 Å². The number of carbonyl (C=O) groups is 3. The summed E-state index contributed by atoms with van der Waals surface area (Å²) in [6, 6.07) is 1.50. The lowest BCUT2D eigenvalue weighted by Gasteiger charge is -2.21. The van der Waals surface area contributed by atoms with Gasteiger partial charge in [-0.2, -0.15) is 13.2 Å². The Kier molecular flexibility index (Phi) is 8.33. The average Bonchev–Trinajstić information content (AvgIpc) is 2.94. The monoisotopic (exact) mass is 404 g/mol. The van der Waals surface area contributed by atoms with E-state index in [1.165, 1.54) is 26.1 Å². The second kappa shape index (κ2) is 9.77. The minimum absolute atomic E-state index is 0.0286. The average molecular weight is 404 g/mol. The molecule has 150 valence electrons. The SMILES string of the molecule is CCC(C/N=C/c1cc(C(C)=O)c(N(CCC(F)(F)F)C(C)=O)s1)C(C)=O. The summed E-state index contributed by atoms with van der Waals surface area (Å²) in [5, 5.41) is 0.180. The van der Waals surface area contributed by atoms with Crippen molar-refractivity contribution in [2.75, 3.05) is 18.0 Å². The quantitative estimate of drug-likeness (QED) is 0.455. The van der Waals surface area contributed by atoms with Crippen LogP contribution in [0.4, 0.5) is 18.2 Å². The van der Waals surface area contributed by atoms with E-state index in [2.05, 4.69) is 4.99 Å². The Labute approximate surface area is 160 Å². The van der Waals surface area contributed by atoms with Crippen LogP contribution in [0.5, 0.6) is 0 Å². The molecule has 9 heteroatoms. The van der Waals surface area contributed by atoms with E-state index in [1.807, 2.05) is 6.92 Å². The van der Waals surface area contributed by atoms with Crippen molar-refractivity contribution < 1.29 is 27.6 Å². The number of Topliss-reactive ketones (excluding diaryl/α,β-unsaturated/α-hetero) is 2. The molecule has 0 aliphatic carbocycles. The van der Waals surface area contributed by atoms with Gasteiger partial charge >= 0.3 is 6.18 Å². The summed E-state index contributed by atoms with van der Waals surface area (Å²) < 4.78 is 37.7. The summed E-state index contributed by atoms with van der Waals surface area (Å²) >= 11 is 1.03. The molecule has 1 amide bonds. The summed E-state index contributed by atoms with van der Waals surface area (Å²) in [4.78, 5) is 40.9. The molecule has 0 aliphatic heterocycles. The van der Waals surface area contributed by atoms with Gasteiger partial charge in [0, 0.05) is 37.0 Å². The number of ketones is 2. The zero-order valence-corrected chi connectivity index (χ0v) is 16.5. The van der Waals surface area contributed by atoms with Gasteiger partial charge in [-0.15, -0.1) is 11.3 Å². The van der Waals surface area contributed by atoms with Crippen molar-refractivity contribution in [3.05, 3.63) is 16.5 Å². The molecule has 0 radical (unpaired) electrons. The standard InChI is InChI=1S/C18H23F3N2O3S/c1-5-14(11(2)24)9-22-10-15-8-16(12(3)25)17(27-15)23(13(4)26)7-6-18(19,20)21/h8,10,14H,5-7,9H2,1-4H3/b22-10+. The molecule has 1 atom stereocenters. The lowest BCUT2D eigenvalue weighted by molar-refractivity contribution is -0.133. The lowest BCUT2D eigenvalue weighted by Crippen LogP contribution is -2.32. The number of amides is 1. The molecule has 0 bridgehead atoms. The highest BCUT2D eigenvalue weighted by Crippen LogP contribution is 2.33. The first-order chi connectivity index (χ1) is 12.5. The van der Waals surface area contributed by atoms with Gasteiger partial charge in [0.15, 0.2) is 5.78 Å². The maximum absolute atomic E-state index is 12.6. The minimum atomic E-state index is -4.41. The molecule has 1 unspecified atom stereocenters. The van der Waals surface area contributed by atoms with E-state index in [9.17, 15) is 27.6 Å². The van der Waals surface area contributed by atoms with Gasteiger partial charge in [-0.25, -0.2) is 0 Å². The number of rotatable bonds is 9. The number of thiophene rings is 1. The number of halogens is 3. The molecule has 1 rings (SSSR count). The van der Waals surface area contributed by atoms with E-state index < -0.39 is 25.0 Å². The van der Waals surface area contributed by atoms with Gasteiger partial charge in [0.1, 0.15) is 10.8 Å². The number of alkyl halides is 3. The third-order valence-electron chi connectivity index (χ3n) is 3.97. The van der Waals surface area contributed by atoms with Gasteiger partial charge in [-0.3, -0.25) is 19.4 Å². The van der Waals surface area contributed by atoms with E-state index >= 15 is 0 Å². The first-order valence-electron chi connectivity index (χ1n) is 8.46. The van der Waals surface area contributed by atoms with Crippen LogP contribution in [0.1, 0.15) is 55.8 Å². The molecule has 0 N–H and O–H groups in total. The van der Waals surface area contributed by atoms with Gasteiger partial charge in [0.2, 0.25) is 5.91 Å². The zero-order valence-electron chi connectivity index (χ0n) is 15.7. The number of carbonyl (C=O) groups excluding carboxylic acids is 3. The van der Waals surface area contributed by atoms with Crippen molar-refractivity contribution in [1.29, 1.82) is 0 Å². The molecule has 0 fully saturated rings. The Hall–Kier alpha value is -2.03. The second-order valence-electron chi connectivity index (χ2n) is 6.17. The van der Waals surface area contributed by atoms with Crippen molar-refractivity contribution in [2.24, 2.45) is 10.9 Å². The highest BCUT2D eigenvalue weighted by Gasteiger charge is 2.30. The Morgan fingerprint density at radius 3 is 2.33 bits per heavy atom. The smallest absolute Gasteiger partial charge is 0.303 e. The molecule has 0 saturated carbocycles. The van der Waals surface area contributed by atoms with E-state index in [-0.39, 0.29) is 28.0 Å². The molecular formula is C18H23F3N2O3S. The van der Waals surface area contributed by atoms with Crippen LogP contribution in [0, 0.1) is 5.92 Å². The van der Waals surface area contributed by atoms with Crippen molar-refractivity contribution in [3.8, 4) is 0 Å². The fourth-order valence-electron chi connectivity index (χ4n) is 2.37. The van der Waals surface area contributed by atoms with Gasteiger partial charge in [0.05, 0.1) is 12.0 Å². The fourth-order valence-corrected chi connectivity index (χ4v) is 3.54. The summed E-state index contributed by atoms with van der Waals surface area (Å²) in [7, 11) is 0. The molecule has 0 aromatic carbocycles. The topological polar surface area (TPSA) is 66.8 Å². The molecule has 0 saturated heterocycles. The molecule has 1 aromatic rings. The Morgan fingerprint density at radius 2 is 1.89 bits per heavy atom. The normalized spacial score (nSPS) is 13.0. The third-order valence-corrected chi connectivity index (χ3v) is 5.06. The van der Waals surface area contributed by atoms with E-state index in [0.717, 1.165) is 23.2 Å². The van der Waals surface area contributed by atoms with Crippen LogP contribution in [0.25, 0.3) is 0 Å². The van der Waals surface area contributed by atoms with Crippen molar-refractivity contribution >= 4 is 40.0 Å². The van der Waals surface area contributed by atoms with Crippen LogP contribution in [-0.4, -0.2) is 43.0 Å². The van der Waals surface area contributed by atoms with Crippen LogP contribution < -0.4 is 4.90 Å². The molecule has 1 aromatic heterocycles. The largest absolute Gasteiger partial charge is 0.390 e. The summed E-state index contributed by atoms with van der Waals surface area (Å²) in [6.07, 6.45) is -3.44. The first-order valence-corrected chi connectivity index (χ1v) is 9.27. The van der Waals surface area contributed by atoms with E-state index in [0.29, 0.717) is 17.8 Å². The minimum Gasteiger partial charge on any atom is -0.303 e. The number of hydrogen-bond donors (Lipinski definition) is 0. The van der Waals surface area contributed by atoms with Crippen molar-refractivity contribution in [2.45, 2.75) is 46.7 Å².